The zero-order valence-corrected chi connectivity index (χ0v) is 16.4. The summed E-state index contributed by atoms with van der Waals surface area (Å²) in [4.78, 5) is 32.3. The van der Waals surface area contributed by atoms with E-state index < -0.39 is 0 Å². The highest BCUT2D eigenvalue weighted by Gasteiger charge is 2.60. The second kappa shape index (κ2) is 7.63. The van der Waals surface area contributed by atoms with Crippen LogP contribution < -0.4 is 0 Å². The number of hydrogen-bond donors (Lipinski definition) is 0. The molecule has 1 spiro atoms. The lowest BCUT2D eigenvalue weighted by Gasteiger charge is -2.58. The Morgan fingerprint density at radius 3 is 2.48 bits per heavy atom. The average Bonchev–Trinajstić information content (AvgIpc) is 2.93. The van der Waals surface area contributed by atoms with Gasteiger partial charge in [0.05, 0.1) is 11.5 Å². The Morgan fingerprint density at radius 1 is 1.00 bits per heavy atom. The maximum absolute atomic E-state index is 13.2. The molecule has 5 heteroatoms. The molecule has 1 aliphatic carbocycles. The number of amides is 2. The number of hydrogen-bond acceptors (Lipinski definition) is 3. The summed E-state index contributed by atoms with van der Waals surface area (Å²) in [6, 6.07) is 10.4. The number of carbonyl (C=O) groups is 2. The molecule has 1 saturated carbocycles. The maximum Gasteiger partial charge on any atom is 0.242 e. The standard InChI is InChI=1S/C22H31N3O2/c1-23-13-8-14-24(16-15-23)19(26)17-25-20(18-9-4-2-5-10-18)22(21(25)27)11-6-3-7-12-22/h2,4-5,9-10,20H,3,6-8,11-17H2,1H3. The largest absolute Gasteiger partial charge is 0.340 e. The molecule has 3 aliphatic rings. The number of benzene rings is 1. The van der Waals surface area contributed by atoms with Gasteiger partial charge in [0.25, 0.3) is 0 Å². The minimum absolute atomic E-state index is 0.0603. The van der Waals surface area contributed by atoms with Crippen molar-refractivity contribution >= 4 is 11.8 Å². The van der Waals surface area contributed by atoms with Crippen LogP contribution in [0.15, 0.2) is 30.3 Å². The molecule has 1 unspecified atom stereocenters. The molecule has 0 radical (unpaired) electrons. The van der Waals surface area contributed by atoms with Crippen LogP contribution in [0, 0.1) is 5.41 Å². The molecule has 4 rings (SSSR count). The van der Waals surface area contributed by atoms with Crippen molar-refractivity contribution < 1.29 is 9.59 Å². The van der Waals surface area contributed by atoms with E-state index in [-0.39, 0.29) is 29.8 Å². The quantitative estimate of drug-likeness (QED) is 0.770. The molecule has 1 aromatic rings. The van der Waals surface area contributed by atoms with Crippen LogP contribution in [0.2, 0.25) is 0 Å². The second-order valence-corrected chi connectivity index (χ2v) is 8.50. The predicted molar refractivity (Wildman–Crippen MR) is 105 cm³/mol. The summed E-state index contributed by atoms with van der Waals surface area (Å²) in [5.74, 6) is 0.307. The summed E-state index contributed by atoms with van der Waals surface area (Å²) in [6.45, 7) is 3.72. The Labute approximate surface area is 162 Å². The van der Waals surface area contributed by atoms with Crippen molar-refractivity contribution in [2.45, 2.75) is 44.6 Å². The topological polar surface area (TPSA) is 43.9 Å². The highest BCUT2D eigenvalue weighted by atomic mass is 16.2. The van der Waals surface area contributed by atoms with E-state index in [0.29, 0.717) is 0 Å². The number of β-lactam (4-membered cyclic amide) rings is 1. The van der Waals surface area contributed by atoms with Gasteiger partial charge < -0.3 is 14.7 Å². The second-order valence-electron chi connectivity index (χ2n) is 8.50. The van der Waals surface area contributed by atoms with Crippen LogP contribution in [0.5, 0.6) is 0 Å². The van der Waals surface area contributed by atoms with Crippen LogP contribution in [-0.2, 0) is 9.59 Å². The molecular formula is C22H31N3O2. The van der Waals surface area contributed by atoms with Gasteiger partial charge in [0, 0.05) is 19.6 Å². The predicted octanol–water partition coefficient (Wildman–Crippen LogP) is 2.68. The van der Waals surface area contributed by atoms with Gasteiger partial charge in [-0.05, 0) is 38.4 Å². The number of carbonyl (C=O) groups excluding carboxylic acids is 2. The third kappa shape index (κ3) is 3.38. The molecule has 27 heavy (non-hydrogen) atoms. The molecular weight excluding hydrogens is 338 g/mol. The van der Waals surface area contributed by atoms with Gasteiger partial charge in [-0.3, -0.25) is 9.59 Å². The summed E-state index contributed by atoms with van der Waals surface area (Å²) in [7, 11) is 2.10. The zero-order chi connectivity index (χ0) is 18.9. The Kier molecular flexibility index (Phi) is 5.22. The van der Waals surface area contributed by atoms with Crippen molar-refractivity contribution in [3.05, 3.63) is 35.9 Å². The van der Waals surface area contributed by atoms with Crippen LogP contribution in [-0.4, -0.2) is 66.3 Å². The molecule has 0 N–H and O–H groups in total. The van der Waals surface area contributed by atoms with E-state index in [4.69, 9.17) is 0 Å². The number of likely N-dealkylation sites (N-methyl/N-ethyl adjacent to an activating group) is 1. The molecule has 1 aromatic carbocycles. The third-order valence-corrected chi connectivity index (χ3v) is 6.76. The molecule has 5 nitrogen and oxygen atoms in total. The Hall–Kier alpha value is -1.88. The molecule has 2 heterocycles. The van der Waals surface area contributed by atoms with E-state index in [2.05, 4.69) is 24.1 Å². The van der Waals surface area contributed by atoms with E-state index in [1.54, 1.807) is 0 Å². The molecule has 2 aliphatic heterocycles. The van der Waals surface area contributed by atoms with Gasteiger partial charge in [-0.15, -0.1) is 0 Å². The van der Waals surface area contributed by atoms with Crippen LogP contribution in [0.4, 0.5) is 0 Å². The molecule has 0 aromatic heterocycles. The summed E-state index contributed by atoms with van der Waals surface area (Å²) < 4.78 is 0. The van der Waals surface area contributed by atoms with E-state index >= 15 is 0 Å². The summed E-state index contributed by atoms with van der Waals surface area (Å²) in [5.41, 5.74) is 0.918. The SMILES string of the molecule is CN1CCCN(C(=O)CN2C(=O)C3(CCCCC3)C2c2ccccc2)CC1. The number of rotatable bonds is 3. The lowest BCUT2D eigenvalue weighted by Crippen LogP contribution is -2.65. The Balaban J connectivity index is 1.52. The lowest BCUT2D eigenvalue weighted by atomic mass is 9.60. The van der Waals surface area contributed by atoms with Gasteiger partial charge in [0.1, 0.15) is 6.54 Å². The van der Waals surface area contributed by atoms with E-state index in [1.807, 2.05) is 28.0 Å². The lowest BCUT2D eigenvalue weighted by molar-refractivity contribution is -0.181. The fourth-order valence-corrected chi connectivity index (χ4v) is 5.26. The maximum atomic E-state index is 13.2. The van der Waals surface area contributed by atoms with Crippen LogP contribution in [0.25, 0.3) is 0 Å². The van der Waals surface area contributed by atoms with Crippen LogP contribution >= 0.6 is 0 Å². The minimum Gasteiger partial charge on any atom is -0.340 e. The zero-order valence-electron chi connectivity index (χ0n) is 16.4. The van der Waals surface area contributed by atoms with E-state index in [0.717, 1.165) is 58.3 Å². The van der Waals surface area contributed by atoms with Gasteiger partial charge >= 0.3 is 0 Å². The van der Waals surface area contributed by atoms with Crippen molar-refractivity contribution in [1.29, 1.82) is 0 Å². The summed E-state index contributed by atoms with van der Waals surface area (Å²) >= 11 is 0. The molecule has 2 amide bonds. The Morgan fingerprint density at radius 2 is 1.74 bits per heavy atom. The molecule has 3 fully saturated rings. The van der Waals surface area contributed by atoms with Crippen LogP contribution in [0.3, 0.4) is 0 Å². The van der Waals surface area contributed by atoms with Gasteiger partial charge in [-0.25, -0.2) is 0 Å². The first-order chi connectivity index (χ1) is 13.1. The third-order valence-electron chi connectivity index (χ3n) is 6.76. The normalized spacial score (nSPS) is 26.0. The van der Waals surface area contributed by atoms with Gasteiger partial charge in [0.15, 0.2) is 0 Å². The molecule has 0 bridgehead atoms. The monoisotopic (exact) mass is 369 g/mol. The van der Waals surface area contributed by atoms with Crippen LogP contribution in [0.1, 0.15) is 50.1 Å². The van der Waals surface area contributed by atoms with Crippen molar-refractivity contribution in [2.24, 2.45) is 5.41 Å². The van der Waals surface area contributed by atoms with Crippen molar-refractivity contribution in [3.8, 4) is 0 Å². The first kappa shape index (κ1) is 18.5. The fourth-order valence-electron chi connectivity index (χ4n) is 5.26. The average molecular weight is 370 g/mol. The van der Waals surface area contributed by atoms with Crippen molar-refractivity contribution in [3.63, 3.8) is 0 Å². The highest BCUT2D eigenvalue weighted by Crippen LogP contribution is 2.57. The fraction of sp³-hybridized carbons (Fsp3) is 0.636. The minimum atomic E-state index is -0.265. The van der Waals surface area contributed by atoms with E-state index in [9.17, 15) is 9.59 Å². The summed E-state index contributed by atoms with van der Waals surface area (Å²) in [5, 5.41) is 0. The first-order valence-electron chi connectivity index (χ1n) is 10.4. The molecule has 146 valence electrons. The summed E-state index contributed by atoms with van der Waals surface area (Å²) in [6.07, 6.45) is 6.39. The van der Waals surface area contributed by atoms with Gasteiger partial charge in [-0.1, -0.05) is 49.6 Å². The number of nitrogens with zero attached hydrogens (tertiary/aromatic N) is 3. The first-order valence-corrected chi connectivity index (χ1v) is 10.4. The number of likely N-dealkylation sites (tertiary alicyclic amines) is 1. The molecule has 1 atom stereocenters. The van der Waals surface area contributed by atoms with Gasteiger partial charge in [-0.2, -0.15) is 0 Å². The highest BCUT2D eigenvalue weighted by molar-refractivity contribution is 5.94. The van der Waals surface area contributed by atoms with Crippen molar-refractivity contribution in [1.82, 2.24) is 14.7 Å². The van der Waals surface area contributed by atoms with E-state index in [1.165, 1.54) is 12.0 Å². The smallest absolute Gasteiger partial charge is 0.242 e. The Bertz CT molecular complexity index is 684. The molecule has 2 saturated heterocycles. The van der Waals surface area contributed by atoms with Crippen molar-refractivity contribution in [2.75, 3.05) is 39.8 Å². The van der Waals surface area contributed by atoms with Gasteiger partial charge in [0.2, 0.25) is 11.8 Å².